The highest BCUT2D eigenvalue weighted by atomic mass is 19.4. The van der Waals surface area contributed by atoms with Gasteiger partial charge in [0.25, 0.3) is 0 Å². The average molecular weight is 323 g/mol. The van der Waals surface area contributed by atoms with Crippen LogP contribution in [0.4, 0.5) is 13.2 Å². The zero-order valence-electron chi connectivity index (χ0n) is 12.2. The minimum atomic E-state index is -4.42. The van der Waals surface area contributed by atoms with Crippen LogP contribution >= 0.6 is 0 Å². The molecule has 2 rings (SSSR count). The molecule has 0 saturated carbocycles. The number of carbonyl (C=O) groups is 1. The first-order valence-electron chi connectivity index (χ1n) is 6.98. The van der Waals surface area contributed by atoms with E-state index in [2.05, 4.69) is 0 Å². The third-order valence-corrected chi connectivity index (χ3v) is 3.24. The maximum absolute atomic E-state index is 12.6. The number of nitrogens with two attached hydrogens (primary N) is 1. The minimum absolute atomic E-state index is 0.0163. The summed E-state index contributed by atoms with van der Waals surface area (Å²) in [5.41, 5.74) is 6.10. The van der Waals surface area contributed by atoms with Gasteiger partial charge >= 0.3 is 12.1 Å². The average Bonchev–Trinajstić information content (AvgIpc) is 2.53. The van der Waals surface area contributed by atoms with Crippen molar-refractivity contribution in [1.82, 2.24) is 0 Å². The number of rotatable bonds is 5. The largest absolute Gasteiger partial charge is 0.460 e. The molecule has 0 aliphatic carbocycles. The molecule has 2 aromatic carbocycles. The molecule has 3 nitrogen and oxygen atoms in total. The Kier molecular flexibility index (Phi) is 5.39. The standard InChI is InChI=1S/C17H16F3NO2/c18-17(19,20)14-8-4-7-13(9-14)10-15(21)16(22)23-11-12-5-2-1-3-6-12/h1-9,15H,10-11,21H2/t15-/m0/s1. The molecule has 0 fully saturated rings. The van der Waals surface area contributed by atoms with E-state index in [4.69, 9.17) is 10.5 Å². The molecular weight excluding hydrogens is 307 g/mol. The SMILES string of the molecule is N[C@@H](Cc1cccc(C(F)(F)F)c1)C(=O)OCc1ccccc1. The topological polar surface area (TPSA) is 52.3 Å². The predicted octanol–water partition coefficient (Wildman–Crippen LogP) is 3.32. The number of benzene rings is 2. The highest BCUT2D eigenvalue weighted by Gasteiger charge is 2.30. The van der Waals surface area contributed by atoms with Crippen LogP contribution in [0.3, 0.4) is 0 Å². The first-order chi connectivity index (χ1) is 10.9. The van der Waals surface area contributed by atoms with E-state index in [1.54, 1.807) is 12.1 Å². The van der Waals surface area contributed by atoms with Crippen LogP contribution in [0.25, 0.3) is 0 Å². The number of hydrogen-bond donors (Lipinski definition) is 1. The van der Waals surface area contributed by atoms with E-state index in [0.29, 0.717) is 5.56 Å². The fourth-order valence-corrected chi connectivity index (χ4v) is 2.05. The summed E-state index contributed by atoms with van der Waals surface area (Å²) in [6.07, 6.45) is -4.44. The monoisotopic (exact) mass is 323 g/mol. The Morgan fingerprint density at radius 2 is 1.70 bits per heavy atom. The van der Waals surface area contributed by atoms with Gasteiger partial charge in [-0.2, -0.15) is 13.2 Å². The second-order valence-electron chi connectivity index (χ2n) is 5.10. The van der Waals surface area contributed by atoms with Gasteiger partial charge in [0.15, 0.2) is 0 Å². The number of halogens is 3. The number of hydrogen-bond acceptors (Lipinski definition) is 3. The van der Waals surface area contributed by atoms with Gasteiger partial charge in [-0.15, -0.1) is 0 Å². The van der Waals surface area contributed by atoms with Crippen LogP contribution in [0.5, 0.6) is 0 Å². The first-order valence-corrected chi connectivity index (χ1v) is 6.98. The van der Waals surface area contributed by atoms with Crippen LogP contribution in [0.15, 0.2) is 54.6 Å². The van der Waals surface area contributed by atoms with E-state index in [9.17, 15) is 18.0 Å². The van der Waals surface area contributed by atoms with E-state index >= 15 is 0 Å². The quantitative estimate of drug-likeness (QED) is 0.859. The van der Waals surface area contributed by atoms with Crippen molar-refractivity contribution in [1.29, 1.82) is 0 Å². The molecule has 1 atom stereocenters. The van der Waals surface area contributed by atoms with Crippen LogP contribution in [-0.2, 0) is 28.7 Å². The predicted molar refractivity (Wildman–Crippen MR) is 79.4 cm³/mol. The molecule has 0 aromatic heterocycles. The molecular formula is C17H16F3NO2. The van der Waals surface area contributed by atoms with Crippen LogP contribution in [0.1, 0.15) is 16.7 Å². The number of esters is 1. The van der Waals surface area contributed by atoms with Crippen LogP contribution in [0, 0.1) is 0 Å². The molecule has 0 aliphatic rings. The van der Waals surface area contributed by atoms with Crippen molar-refractivity contribution in [2.45, 2.75) is 25.2 Å². The molecule has 2 N–H and O–H groups in total. The van der Waals surface area contributed by atoms with E-state index < -0.39 is 23.8 Å². The lowest BCUT2D eigenvalue weighted by molar-refractivity contribution is -0.146. The maximum atomic E-state index is 12.6. The molecule has 6 heteroatoms. The van der Waals surface area contributed by atoms with Crippen molar-refractivity contribution in [3.63, 3.8) is 0 Å². The normalized spacial score (nSPS) is 12.7. The Labute approximate surface area is 131 Å². The number of ether oxygens (including phenoxy) is 1. The lowest BCUT2D eigenvalue weighted by Crippen LogP contribution is -2.34. The van der Waals surface area contributed by atoms with E-state index in [0.717, 1.165) is 17.7 Å². The Bertz CT molecular complexity index is 656. The second kappa shape index (κ2) is 7.28. The van der Waals surface area contributed by atoms with Gasteiger partial charge in [0.05, 0.1) is 5.56 Å². The Morgan fingerprint density at radius 1 is 1.04 bits per heavy atom. The first kappa shape index (κ1) is 17.0. The van der Waals surface area contributed by atoms with Gasteiger partial charge in [-0.25, -0.2) is 0 Å². The molecule has 0 unspecified atom stereocenters. The van der Waals surface area contributed by atoms with Gasteiger partial charge in [0, 0.05) is 0 Å². The highest BCUT2D eigenvalue weighted by molar-refractivity contribution is 5.75. The van der Waals surface area contributed by atoms with Gasteiger partial charge < -0.3 is 10.5 Å². The molecule has 0 radical (unpaired) electrons. The maximum Gasteiger partial charge on any atom is 0.416 e. The summed E-state index contributed by atoms with van der Waals surface area (Å²) in [5, 5.41) is 0. The lowest BCUT2D eigenvalue weighted by Gasteiger charge is -2.13. The summed E-state index contributed by atoms with van der Waals surface area (Å²) in [6, 6.07) is 12.8. The van der Waals surface area contributed by atoms with E-state index in [-0.39, 0.29) is 13.0 Å². The molecule has 2 aromatic rings. The molecule has 0 amide bonds. The zero-order chi connectivity index (χ0) is 16.9. The lowest BCUT2D eigenvalue weighted by atomic mass is 10.0. The summed E-state index contributed by atoms with van der Waals surface area (Å²) < 4.78 is 43.0. The van der Waals surface area contributed by atoms with Crippen molar-refractivity contribution < 1.29 is 22.7 Å². The van der Waals surface area contributed by atoms with E-state index in [1.165, 1.54) is 12.1 Å². The summed E-state index contributed by atoms with van der Waals surface area (Å²) in [6.45, 7) is 0.0793. The van der Waals surface area contributed by atoms with Crippen LogP contribution in [-0.4, -0.2) is 12.0 Å². The zero-order valence-corrected chi connectivity index (χ0v) is 12.2. The van der Waals surface area contributed by atoms with Gasteiger partial charge in [0.1, 0.15) is 12.6 Å². The van der Waals surface area contributed by atoms with Crippen LogP contribution < -0.4 is 5.73 Å². The van der Waals surface area contributed by atoms with E-state index in [1.807, 2.05) is 18.2 Å². The molecule has 0 aliphatic heterocycles. The van der Waals surface area contributed by atoms with Gasteiger partial charge in [-0.3, -0.25) is 4.79 Å². The van der Waals surface area contributed by atoms with Crippen LogP contribution in [0.2, 0.25) is 0 Å². The van der Waals surface area contributed by atoms with Crippen molar-refractivity contribution in [2.24, 2.45) is 5.73 Å². The Hall–Kier alpha value is -2.34. The molecule has 23 heavy (non-hydrogen) atoms. The van der Waals surface area contributed by atoms with Crippen molar-refractivity contribution in [3.8, 4) is 0 Å². The molecule has 122 valence electrons. The molecule has 0 heterocycles. The van der Waals surface area contributed by atoms with Crippen molar-refractivity contribution in [3.05, 3.63) is 71.3 Å². The third kappa shape index (κ3) is 5.10. The molecule has 0 spiro atoms. The summed E-state index contributed by atoms with van der Waals surface area (Å²) >= 11 is 0. The Morgan fingerprint density at radius 3 is 2.35 bits per heavy atom. The van der Waals surface area contributed by atoms with Gasteiger partial charge in [-0.05, 0) is 23.6 Å². The third-order valence-electron chi connectivity index (χ3n) is 3.24. The summed E-state index contributed by atoms with van der Waals surface area (Å²) in [5.74, 6) is -0.647. The Balaban J connectivity index is 1.93. The smallest absolute Gasteiger partial charge is 0.416 e. The minimum Gasteiger partial charge on any atom is -0.460 e. The second-order valence-corrected chi connectivity index (χ2v) is 5.10. The fraction of sp³-hybridized carbons (Fsp3) is 0.235. The van der Waals surface area contributed by atoms with Crippen molar-refractivity contribution in [2.75, 3.05) is 0 Å². The van der Waals surface area contributed by atoms with Gasteiger partial charge in [0.2, 0.25) is 0 Å². The van der Waals surface area contributed by atoms with Gasteiger partial charge in [-0.1, -0.05) is 48.5 Å². The summed E-state index contributed by atoms with van der Waals surface area (Å²) in [7, 11) is 0. The van der Waals surface area contributed by atoms with Crippen molar-refractivity contribution >= 4 is 5.97 Å². The highest BCUT2D eigenvalue weighted by Crippen LogP contribution is 2.29. The molecule has 0 saturated heterocycles. The number of alkyl halides is 3. The number of carbonyl (C=O) groups excluding carboxylic acids is 1. The fourth-order valence-electron chi connectivity index (χ4n) is 2.05. The summed E-state index contributed by atoms with van der Waals surface area (Å²) in [4.78, 5) is 11.8. The molecule has 0 bridgehead atoms.